The van der Waals surface area contributed by atoms with Gasteiger partial charge in [0, 0.05) is 22.5 Å². The molecule has 0 spiro atoms. The van der Waals surface area contributed by atoms with E-state index >= 15 is 0 Å². The molecule has 0 aliphatic carbocycles. The normalized spacial score (nSPS) is 12.0. The fourth-order valence-corrected chi connectivity index (χ4v) is 3.06. The molecule has 106 valence electrons. The molecule has 1 heterocycles. The smallest absolute Gasteiger partial charge is 0.144 e. The summed E-state index contributed by atoms with van der Waals surface area (Å²) >= 11 is 0. The summed E-state index contributed by atoms with van der Waals surface area (Å²) in [4.78, 5) is 3.36. The van der Waals surface area contributed by atoms with Crippen molar-refractivity contribution in [2.75, 3.05) is 0 Å². The zero-order valence-electron chi connectivity index (χ0n) is 12.2. The van der Waals surface area contributed by atoms with E-state index in [0.717, 1.165) is 27.7 Å². The van der Waals surface area contributed by atoms with Crippen molar-refractivity contribution in [3.63, 3.8) is 0 Å². The Bertz CT molecular complexity index is 864. The van der Waals surface area contributed by atoms with E-state index in [1.807, 2.05) is 61.5 Å². The van der Waals surface area contributed by atoms with Crippen LogP contribution in [0.5, 0.6) is 0 Å². The summed E-state index contributed by atoms with van der Waals surface area (Å²) in [7, 11) is 0. The first-order valence-corrected chi connectivity index (χ1v) is 7.17. The van der Waals surface area contributed by atoms with Crippen molar-refractivity contribution in [2.24, 2.45) is 5.92 Å². The van der Waals surface area contributed by atoms with E-state index in [4.69, 9.17) is 0 Å². The number of hydrogen-bond donors (Lipinski definition) is 1. The van der Waals surface area contributed by atoms with Crippen LogP contribution in [0.3, 0.4) is 0 Å². The van der Waals surface area contributed by atoms with Crippen LogP contribution in [-0.2, 0) is 0 Å². The highest BCUT2D eigenvalue weighted by atomic mass is 14.7. The lowest BCUT2D eigenvalue weighted by molar-refractivity contribution is 0.709. The van der Waals surface area contributed by atoms with Crippen LogP contribution in [0.2, 0.25) is 0 Å². The number of nitrogens with one attached hydrogen (secondary N) is 1. The lowest BCUT2D eigenvalue weighted by atomic mass is 9.81. The Balaban J connectivity index is 2.28. The average Bonchev–Trinajstić information content (AvgIpc) is 2.89. The fraction of sp³-hybridized carbons (Fsp3) is 0.158. The van der Waals surface area contributed by atoms with E-state index < -0.39 is 5.92 Å². The van der Waals surface area contributed by atoms with Gasteiger partial charge in [-0.05, 0) is 24.1 Å². The van der Waals surface area contributed by atoms with E-state index in [2.05, 4.69) is 17.1 Å². The number of aryl methyl sites for hydroxylation is 1. The summed E-state index contributed by atoms with van der Waals surface area (Å²) in [5.41, 5.74) is 4.06. The molecular weight excluding hydrogens is 270 g/mol. The van der Waals surface area contributed by atoms with Crippen LogP contribution in [0.25, 0.3) is 10.9 Å². The molecule has 3 nitrogen and oxygen atoms in total. The molecule has 0 bridgehead atoms. The van der Waals surface area contributed by atoms with Gasteiger partial charge in [-0.2, -0.15) is 10.5 Å². The van der Waals surface area contributed by atoms with Gasteiger partial charge in [-0.25, -0.2) is 0 Å². The molecule has 0 saturated carbocycles. The third-order valence-corrected chi connectivity index (χ3v) is 4.02. The van der Waals surface area contributed by atoms with E-state index in [9.17, 15) is 10.5 Å². The van der Waals surface area contributed by atoms with Crippen LogP contribution >= 0.6 is 0 Å². The molecule has 1 N–H and O–H groups in total. The van der Waals surface area contributed by atoms with Crippen molar-refractivity contribution in [2.45, 2.75) is 12.8 Å². The van der Waals surface area contributed by atoms with Crippen LogP contribution in [0, 0.1) is 35.5 Å². The predicted octanol–water partition coefficient (Wildman–Crippen LogP) is 4.27. The number of para-hydroxylation sites is 1. The van der Waals surface area contributed by atoms with Crippen molar-refractivity contribution >= 4 is 10.9 Å². The Morgan fingerprint density at radius 1 is 0.909 bits per heavy atom. The van der Waals surface area contributed by atoms with Crippen LogP contribution < -0.4 is 0 Å². The second-order valence-electron chi connectivity index (χ2n) is 5.33. The van der Waals surface area contributed by atoms with Crippen molar-refractivity contribution < 1.29 is 0 Å². The van der Waals surface area contributed by atoms with Crippen molar-refractivity contribution in [3.8, 4) is 12.1 Å². The quantitative estimate of drug-likeness (QED) is 0.781. The number of aromatic nitrogens is 1. The molecule has 1 aromatic heterocycles. The highest BCUT2D eigenvalue weighted by Crippen LogP contribution is 2.38. The molecule has 0 aliphatic heterocycles. The molecule has 0 aliphatic rings. The maximum atomic E-state index is 9.44. The van der Waals surface area contributed by atoms with Crippen molar-refractivity contribution in [1.82, 2.24) is 4.98 Å². The van der Waals surface area contributed by atoms with Gasteiger partial charge >= 0.3 is 0 Å². The summed E-state index contributed by atoms with van der Waals surface area (Å²) in [6.45, 7) is 2.00. The maximum absolute atomic E-state index is 9.44. The number of nitriles is 2. The SMILES string of the molecule is Cc1[nH]c2ccccc2c1[C@H](c1ccccc1)C(C#N)C#N. The van der Waals surface area contributed by atoms with Gasteiger partial charge in [-0.3, -0.25) is 0 Å². The van der Waals surface area contributed by atoms with E-state index in [0.29, 0.717) is 0 Å². The minimum atomic E-state index is -0.722. The standard InChI is InChI=1S/C19H15N3/c1-13-18(16-9-5-6-10-17(16)22-13)19(15(11-20)12-21)14-7-3-2-4-8-14/h2-10,15,19,22H,1H3/t19-/m1/s1. The summed E-state index contributed by atoms with van der Waals surface area (Å²) < 4.78 is 0. The minimum Gasteiger partial charge on any atom is -0.358 e. The lowest BCUT2D eigenvalue weighted by Gasteiger charge is -2.19. The van der Waals surface area contributed by atoms with E-state index in [-0.39, 0.29) is 5.92 Å². The van der Waals surface area contributed by atoms with Crippen LogP contribution in [0.15, 0.2) is 54.6 Å². The Morgan fingerprint density at radius 3 is 2.23 bits per heavy atom. The van der Waals surface area contributed by atoms with Crippen molar-refractivity contribution in [3.05, 3.63) is 71.4 Å². The highest BCUT2D eigenvalue weighted by Gasteiger charge is 2.28. The second-order valence-corrected chi connectivity index (χ2v) is 5.33. The van der Waals surface area contributed by atoms with Gasteiger partial charge in [0.05, 0.1) is 12.1 Å². The molecule has 2 aromatic carbocycles. The zero-order valence-corrected chi connectivity index (χ0v) is 12.2. The maximum Gasteiger partial charge on any atom is 0.144 e. The Labute approximate surface area is 129 Å². The molecule has 0 amide bonds. The first-order chi connectivity index (χ1) is 10.8. The van der Waals surface area contributed by atoms with Gasteiger partial charge in [0.2, 0.25) is 0 Å². The molecule has 0 radical (unpaired) electrons. The summed E-state index contributed by atoms with van der Waals surface area (Å²) in [6.07, 6.45) is 0. The second kappa shape index (κ2) is 5.76. The van der Waals surface area contributed by atoms with Crippen LogP contribution in [0.4, 0.5) is 0 Å². The number of nitrogens with zero attached hydrogens (tertiary/aromatic N) is 2. The number of hydrogen-bond acceptors (Lipinski definition) is 2. The average molecular weight is 285 g/mol. The first kappa shape index (κ1) is 13.9. The topological polar surface area (TPSA) is 63.4 Å². The number of rotatable bonds is 3. The number of benzene rings is 2. The molecule has 3 heteroatoms. The third-order valence-electron chi connectivity index (χ3n) is 4.02. The van der Waals surface area contributed by atoms with Crippen molar-refractivity contribution in [1.29, 1.82) is 10.5 Å². The largest absolute Gasteiger partial charge is 0.358 e. The monoisotopic (exact) mass is 285 g/mol. The number of aromatic amines is 1. The van der Waals surface area contributed by atoms with Crippen LogP contribution in [0.1, 0.15) is 22.7 Å². The van der Waals surface area contributed by atoms with Gasteiger partial charge in [0.25, 0.3) is 0 Å². The Morgan fingerprint density at radius 2 is 1.55 bits per heavy atom. The predicted molar refractivity (Wildman–Crippen MR) is 86.0 cm³/mol. The molecule has 0 fully saturated rings. The number of fused-ring (bicyclic) bond motifs is 1. The molecule has 0 saturated heterocycles. The lowest BCUT2D eigenvalue weighted by Crippen LogP contribution is -2.12. The summed E-state index contributed by atoms with van der Waals surface area (Å²) in [5.74, 6) is -0.979. The number of H-pyrrole nitrogens is 1. The molecular formula is C19H15N3. The molecule has 0 unspecified atom stereocenters. The van der Waals surface area contributed by atoms with Gasteiger partial charge in [0.1, 0.15) is 5.92 Å². The summed E-state index contributed by atoms with van der Waals surface area (Å²) in [5, 5.41) is 19.9. The van der Waals surface area contributed by atoms with E-state index in [1.165, 1.54) is 0 Å². The Hall–Kier alpha value is -3.04. The van der Waals surface area contributed by atoms with Gasteiger partial charge < -0.3 is 4.98 Å². The Kier molecular flexibility index (Phi) is 3.64. The molecule has 3 aromatic rings. The minimum absolute atomic E-state index is 0.257. The van der Waals surface area contributed by atoms with Gasteiger partial charge in [0.15, 0.2) is 0 Å². The van der Waals surface area contributed by atoms with E-state index in [1.54, 1.807) is 0 Å². The van der Waals surface area contributed by atoms with Crippen LogP contribution in [-0.4, -0.2) is 4.98 Å². The molecule has 22 heavy (non-hydrogen) atoms. The van der Waals surface area contributed by atoms with Gasteiger partial charge in [-0.1, -0.05) is 48.5 Å². The molecule has 1 atom stereocenters. The highest BCUT2D eigenvalue weighted by molar-refractivity contribution is 5.85. The third kappa shape index (κ3) is 2.24. The summed E-state index contributed by atoms with van der Waals surface area (Å²) in [6, 6.07) is 22.1. The fourth-order valence-electron chi connectivity index (χ4n) is 3.06. The molecule has 3 rings (SSSR count). The first-order valence-electron chi connectivity index (χ1n) is 7.17. The zero-order chi connectivity index (χ0) is 15.5. The van der Waals surface area contributed by atoms with Gasteiger partial charge in [-0.15, -0.1) is 0 Å².